The van der Waals surface area contributed by atoms with Crippen molar-refractivity contribution in [2.45, 2.75) is 51.5 Å². The molecule has 0 radical (unpaired) electrons. The lowest BCUT2D eigenvalue weighted by atomic mass is 10.1. The van der Waals surface area contributed by atoms with Crippen LogP contribution in [0.1, 0.15) is 43.2 Å². The van der Waals surface area contributed by atoms with Crippen LogP contribution in [0.25, 0.3) is 0 Å². The van der Waals surface area contributed by atoms with Gasteiger partial charge in [0.1, 0.15) is 0 Å². The van der Waals surface area contributed by atoms with E-state index in [1.54, 1.807) is 0 Å². The number of carbonyl (C=O) groups excluding carboxylic acids is 1. The van der Waals surface area contributed by atoms with E-state index in [1.165, 1.54) is 0 Å². The molecule has 4 heteroatoms. The van der Waals surface area contributed by atoms with Gasteiger partial charge in [0.2, 0.25) is 5.91 Å². The Bertz CT molecular complexity index is 490. The van der Waals surface area contributed by atoms with Crippen molar-refractivity contribution >= 4 is 17.5 Å². The quantitative estimate of drug-likeness (QED) is 0.875. The topological polar surface area (TPSA) is 40.5 Å². The number of halogens is 1. The van der Waals surface area contributed by atoms with Crippen molar-refractivity contribution in [3.05, 3.63) is 34.3 Å². The molecule has 0 aliphatic carbocycles. The summed E-state index contributed by atoms with van der Waals surface area (Å²) < 4.78 is 0. The molecule has 2 rings (SSSR count). The molecule has 1 heterocycles. The van der Waals surface area contributed by atoms with E-state index < -0.39 is 0 Å². The number of hydrogen-bond donors (Lipinski definition) is 1. The Morgan fingerprint density at radius 1 is 1.48 bits per heavy atom. The highest BCUT2D eigenvalue weighted by Gasteiger charge is 2.27. The van der Waals surface area contributed by atoms with Gasteiger partial charge in [-0.2, -0.15) is 0 Å². The molecule has 1 amide bonds. The predicted molar refractivity (Wildman–Crippen MR) is 85.6 cm³/mol. The molecule has 1 aromatic rings. The van der Waals surface area contributed by atoms with Gasteiger partial charge in [0.15, 0.2) is 0 Å². The number of rotatable bonds is 6. The van der Waals surface area contributed by atoms with E-state index in [4.69, 9.17) is 16.7 Å². The number of aliphatic hydroxyl groups is 1. The minimum atomic E-state index is 0.209. The number of benzene rings is 1. The number of amides is 1. The molecule has 21 heavy (non-hydrogen) atoms. The van der Waals surface area contributed by atoms with Crippen LogP contribution in [0.15, 0.2) is 18.2 Å². The number of hydrogen-bond acceptors (Lipinski definition) is 2. The first kappa shape index (κ1) is 16.3. The average Bonchev–Trinajstić information content (AvgIpc) is 2.94. The molecular formula is C17H24ClNO2. The SMILES string of the molecule is Cc1ccc(CCC(=O)N2CCCC2CCCO)cc1Cl. The average molecular weight is 310 g/mol. The van der Waals surface area contributed by atoms with Gasteiger partial charge in [-0.05, 0) is 56.2 Å². The molecule has 116 valence electrons. The summed E-state index contributed by atoms with van der Waals surface area (Å²) in [5, 5.41) is 9.70. The molecule has 0 aromatic heterocycles. The lowest BCUT2D eigenvalue weighted by Gasteiger charge is -2.24. The molecule has 3 nitrogen and oxygen atoms in total. The van der Waals surface area contributed by atoms with Crippen molar-refractivity contribution in [2.75, 3.05) is 13.2 Å². The summed E-state index contributed by atoms with van der Waals surface area (Å²) in [6.45, 7) is 3.05. The second-order valence-electron chi connectivity index (χ2n) is 5.83. The van der Waals surface area contributed by atoms with Gasteiger partial charge in [-0.3, -0.25) is 4.79 Å². The van der Waals surface area contributed by atoms with Crippen LogP contribution in [0.2, 0.25) is 5.02 Å². The molecule has 1 saturated heterocycles. The van der Waals surface area contributed by atoms with E-state index >= 15 is 0 Å². The molecule has 1 N–H and O–H groups in total. The summed E-state index contributed by atoms with van der Waals surface area (Å²) in [7, 11) is 0. The first-order chi connectivity index (χ1) is 10.1. The van der Waals surface area contributed by atoms with Crippen LogP contribution >= 0.6 is 11.6 Å². The number of carbonyl (C=O) groups is 1. The maximum atomic E-state index is 12.4. The summed E-state index contributed by atoms with van der Waals surface area (Å²) in [5.41, 5.74) is 2.18. The Labute approximate surface area is 131 Å². The normalized spacial score (nSPS) is 18.2. The third kappa shape index (κ3) is 4.45. The monoisotopic (exact) mass is 309 g/mol. The van der Waals surface area contributed by atoms with Crippen molar-refractivity contribution in [3.8, 4) is 0 Å². The van der Waals surface area contributed by atoms with E-state index in [0.717, 1.165) is 54.8 Å². The number of likely N-dealkylation sites (tertiary alicyclic amines) is 1. The smallest absolute Gasteiger partial charge is 0.223 e. The molecule has 0 saturated carbocycles. The zero-order valence-electron chi connectivity index (χ0n) is 12.6. The first-order valence-electron chi connectivity index (χ1n) is 7.77. The molecular weight excluding hydrogens is 286 g/mol. The van der Waals surface area contributed by atoms with Crippen LogP contribution < -0.4 is 0 Å². The Morgan fingerprint density at radius 2 is 2.29 bits per heavy atom. The second kappa shape index (κ2) is 7.81. The molecule has 0 bridgehead atoms. The van der Waals surface area contributed by atoms with Gasteiger partial charge in [-0.1, -0.05) is 23.7 Å². The summed E-state index contributed by atoms with van der Waals surface area (Å²) >= 11 is 6.12. The Morgan fingerprint density at radius 3 is 3.00 bits per heavy atom. The van der Waals surface area contributed by atoms with E-state index in [9.17, 15) is 4.79 Å². The molecule has 1 aromatic carbocycles. The van der Waals surface area contributed by atoms with E-state index in [2.05, 4.69) is 0 Å². The standard InChI is InChI=1S/C17H24ClNO2/c1-13-6-7-14(12-16(13)18)8-9-17(21)19-10-2-4-15(19)5-3-11-20/h6-7,12,15,20H,2-5,8-11H2,1H3. The van der Waals surface area contributed by atoms with Crippen LogP contribution in [0.5, 0.6) is 0 Å². The van der Waals surface area contributed by atoms with Crippen LogP contribution in [-0.4, -0.2) is 35.1 Å². The lowest BCUT2D eigenvalue weighted by Crippen LogP contribution is -2.35. The first-order valence-corrected chi connectivity index (χ1v) is 8.15. The Hall–Kier alpha value is -1.06. The van der Waals surface area contributed by atoms with Crippen LogP contribution in [0, 0.1) is 6.92 Å². The van der Waals surface area contributed by atoms with Gasteiger partial charge in [0, 0.05) is 30.6 Å². The summed E-state index contributed by atoms with van der Waals surface area (Å²) in [5.74, 6) is 0.229. The molecule has 1 aliphatic heterocycles. The number of aliphatic hydroxyl groups excluding tert-OH is 1. The highest BCUT2D eigenvalue weighted by molar-refractivity contribution is 6.31. The number of nitrogens with zero attached hydrogens (tertiary/aromatic N) is 1. The maximum Gasteiger partial charge on any atom is 0.223 e. The van der Waals surface area contributed by atoms with Crippen LogP contribution in [-0.2, 0) is 11.2 Å². The van der Waals surface area contributed by atoms with Crippen molar-refractivity contribution < 1.29 is 9.90 Å². The molecule has 1 aliphatic rings. The van der Waals surface area contributed by atoms with Crippen molar-refractivity contribution in [1.82, 2.24) is 4.90 Å². The lowest BCUT2D eigenvalue weighted by molar-refractivity contribution is -0.132. The predicted octanol–water partition coefficient (Wildman–Crippen LogP) is 3.34. The zero-order chi connectivity index (χ0) is 15.2. The van der Waals surface area contributed by atoms with Gasteiger partial charge in [-0.25, -0.2) is 0 Å². The van der Waals surface area contributed by atoms with Crippen LogP contribution in [0.3, 0.4) is 0 Å². The van der Waals surface area contributed by atoms with Crippen molar-refractivity contribution in [3.63, 3.8) is 0 Å². The molecule has 1 unspecified atom stereocenters. The maximum absolute atomic E-state index is 12.4. The summed E-state index contributed by atoms with van der Waals surface area (Å²) in [4.78, 5) is 14.4. The molecule has 0 spiro atoms. The van der Waals surface area contributed by atoms with E-state index in [0.29, 0.717) is 12.5 Å². The molecule has 1 fully saturated rings. The minimum absolute atomic E-state index is 0.209. The van der Waals surface area contributed by atoms with Gasteiger partial charge < -0.3 is 10.0 Å². The largest absolute Gasteiger partial charge is 0.396 e. The van der Waals surface area contributed by atoms with Crippen LogP contribution in [0.4, 0.5) is 0 Å². The van der Waals surface area contributed by atoms with Crippen molar-refractivity contribution in [2.24, 2.45) is 0 Å². The highest BCUT2D eigenvalue weighted by Crippen LogP contribution is 2.23. The van der Waals surface area contributed by atoms with Gasteiger partial charge in [0.05, 0.1) is 0 Å². The fourth-order valence-electron chi connectivity index (χ4n) is 2.98. The Balaban J connectivity index is 1.87. The van der Waals surface area contributed by atoms with Gasteiger partial charge >= 0.3 is 0 Å². The Kier molecular flexibility index (Phi) is 6.07. The number of aryl methyl sites for hydroxylation is 2. The van der Waals surface area contributed by atoms with Gasteiger partial charge in [0.25, 0.3) is 0 Å². The summed E-state index contributed by atoms with van der Waals surface area (Å²) in [6, 6.07) is 6.33. The zero-order valence-corrected chi connectivity index (χ0v) is 13.4. The van der Waals surface area contributed by atoms with Gasteiger partial charge in [-0.15, -0.1) is 0 Å². The van der Waals surface area contributed by atoms with E-state index in [1.807, 2.05) is 30.0 Å². The highest BCUT2D eigenvalue weighted by atomic mass is 35.5. The molecule has 1 atom stereocenters. The van der Waals surface area contributed by atoms with E-state index in [-0.39, 0.29) is 12.5 Å². The minimum Gasteiger partial charge on any atom is -0.396 e. The third-order valence-electron chi connectivity index (χ3n) is 4.26. The fraction of sp³-hybridized carbons (Fsp3) is 0.588. The van der Waals surface area contributed by atoms with Crippen molar-refractivity contribution in [1.29, 1.82) is 0 Å². The fourth-order valence-corrected chi connectivity index (χ4v) is 3.18. The second-order valence-corrected chi connectivity index (χ2v) is 6.24. The summed E-state index contributed by atoms with van der Waals surface area (Å²) in [6.07, 6.45) is 5.12. The third-order valence-corrected chi connectivity index (χ3v) is 4.66.